The highest BCUT2D eigenvalue weighted by Crippen LogP contribution is 2.40. The Morgan fingerprint density at radius 2 is 0.621 bits per heavy atom. The molecule has 0 aliphatic heterocycles. The van der Waals surface area contributed by atoms with Gasteiger partial charge < -0.3 is 9.32 Å². The van der Waals surface area contributed by atoms with Crippen molar-refractivity contribution in [3.8, 4) is 66.8 Å². The molecule has 0 saturated heterocycles. The zero-order chi connectivity index (χ0) is 43.8. The van der Waals surface area contributed by atoms with Crippen molar-refractivity contribution in [3.63, 3.8) is 0 Å². The number of benzene rings is 11. The van der Waals surface area contributed by atoms with Crippen molar-refractivity contribution >= 4 is 49.8 Å². The van der Waals surface area contributed by atoms with Crippen molar-refractivity contribution in [1.29, 1.82) is 0 Å². The van der Waals surface area contributed by atoms with Crippen LogP contribution in [0.15, 0.2) is 265 Å². The van der Waals surface area contributed by atoms with Crippen LogP contribution in [-0.4, -0.2) is 0 Å². The van der Waals surface area contributed by atoms with E-state index in [-0.39, 0.29) is 0 Å². The van der Waals surface area contributed by atoms with E-state index in [1.54, 1.807) is 0 Å². The van der Waals surface area contributed by atoms with Crippen LogP contribution in [0.2, 0.25) is 0 Å². The summed E-state index contributed by atoms with van der Waals surface area (Å²) in [6.45, 7) is 0. The molecule has 11 aromatic carbocycles. The molecule has 1 heterocycles. The quantitative estimate of drug-likeness (QED) is 0.144. The molecule has 0 N–H and O–H groups in total. The first kappa shape index (κ1) is 38.9. The van der Waals surface area contributed by atoms with Gasteiger partial charge in [0.2, 0.25) is 0 Å². The first-order valence-corrected chi connectivity index (χ1v) is 22.6. The molecule has 0 spiro atoms. The van der Waals surface area contributed by atoms with Crippen LogP contribution in [-0.2, 0) is 0 Å². The van der Waals surface area contributed by atoms with Crippen LogP contribution in [0.25, 0.3) is 99.5 Å². The lowest BCUT2D eigenvalue weighted by molar-refractivity contribution is 0.670. The van der Waals surface area contributed by atoms with Crippen LogP contribution in [0.3, 0.4) is 0 Å². The summed E-state index contributed by atoms with van der Waals surface area (Å²) in [6.07, 6.45) is 0. The van der Waals surface area contributed by atoms with Gasteiger partial charge in [0.25, 0.3) is 0 Å². The van der Waals surface area contributed by atoms with Crippen LogP contribution in [0, 0.1) is 0 Å². The van der Waals surface area contributed by atoms with Gasteiger partial charge in [0.1, 0.15) is 11.2 Å². The SMILES string of the molecule is c1ccc(-c2ccc(N(c3ccc(-c4cccc(-c5cccc(-c6cccc7c6oc6ccccc67)c5)c4)cc3)c3ccc(-c4cccc(-c5cccc6ccccc56)c4)cc3)cc2)cc1. The van der Waals surface area contributed by atoms with E-state index in [0.717, 1.165) is 72.4 Å². The van der Waals surface area contributed by atoms with Crippen molar-refractivity contribution in [2.75, 3.05) is 4.90 Å². The van der Waals surface area contributed by atoms with Crippen molar-refractivity contribution in [2.24, 2.45) is 0 Å². The molecule has 0 aliphatic carbocycles. The molecule has 0 unspecified atom stereocenters. The molecule has 0 bridgehead atoms. The average molecular weight is 842 g/mol. The highest BCUT2D eigenvalue weighted by molar-refractivity contribution is 6.09. The number of hydrogen-bond acceptors (Lipinski definition) is 2. The highest BCUT2D eigenvalue weighted by atomic mass is 16.3. The molecule has 0 aliphatic rings. The maximum Gasteiger partial charge on any atom is 0.143 e. The second-order valence-electron chi connectivity index (χ2n) is 16.9. The topological polar surface area (TPSA) is 16.4 Å². The zero-order valence-corrected chi connectivity index (χ0v) is 36.2. The fourth-order valence-electron chi connectivity index (χ4n) is 9.55. The fourth-order valence-corrected chi connectivity index (χ4v) is 9.55. The predicted octanol–water partition coefficient (Wildman–Crippen LogP) is 18.2. The molecule has 0 atom stereocenters. The minimum Gasteiger partial charge on any atom is -0.455 e. The largest absolute Gasteiger partial charge is 0.455 e. The predicted molar refractivity (Wildman–Crippen MR) is 279 cm³/mol. The monoisotopic (exact) mass is 841 g/mol. The number of para-hydroxylation sites is 2. The summed E-state index contributed by atoms with van der Waals surface area (Å²) in [5.74, 6) is 0. The summed E-state index contributed by atoms with van der Waals surface area (Å²) in [4.78, 5) is 2.35. The molecule has 0 saturated carbocycles. The number of anilines is 3. The van der Waals surface area contributed by atoms with Crippen molar-refractivity contribution in [3.05, 3.63) is 261 Å². The van der Waals surface area contributed by atoms with Crippen LogP contribution in [0.1, 0.15) is 0 Å². The van der Waals surface area contributed by atoms with E-state index in [1.165, 1.54) is 44.2 Å². The minimum atomic E-state index is 0.909. The van der Waals surface area contributed by atoms with E-state index in [2.05, 4.69) is 254 Å². The lowest BCUT2D eigenvalue weighted by atomic mass is 9.95. The molecule has 2 heteroatoms. The van der Waals surface area contributed by atoms with Gasteiger partial charge in [-0.3, -0.25) is 0 Å². The van der Waals surface area contributed by atoms with Crippen molar-refractivity contribution in [2.45, 2.75) is 0 Å². The zero-order valence-electron chi connectivity index (χ0n) is 36.2. The Kier molecular flexibility index (Phi) is 9.89. The molecule has 0 radical (unpaired) electrons. The number of hydrogen-bond donors (Lipinski definition) is 0. The molecule has 0 fully saturated rings. The molecular weight excluding hydrogens is 799 g/mol. The van der Waals surface area contributed by atoms with Gasteiger partial charge >= 0.3 is 0 Å². The molecule has 2 nitrogen and oxygen atoms in total. The number of furan rings is 1. The van der Waals surface area contributed by atoms with E-state index in [9.17, 15) is 0 Å². The van der Waals surface area contributed by atoms with Crippen LogP contribution < -0.4 is 4.90 Å². The Morgan fingerprint density at radius 1 is 0.242 bits per heavy atom. The van der Waals surface area contributed by atoms with Crippen LogP contribution in [0.4, 0.5) is 17.1 Å². The van der Waals surface area contributed by atoms with E-state index in [4.69, 9.17) is 4.42 Å². The second-order valence-corrected chi connectivity index (χ2v) is 16.9. The third kappa shape index (κ3) is 7.31. The van der Waals surface area contributed by atoms with Gasteiger partial charge in [-0.1, -0.05) is 200 Å². The van der Waals surface area contributed by atoms with Gasteiger partial charge in [0.15, 0.2) is 0 Å². The number of rotatable bonds is 9. The molecular formula is C64H43NO. The van der Waals surface area contributed by atoms with E-state index < -0.39 is 0 Å². The summed E-state index contributed by atoms with van der Waals surface area (Å²) in [5.41, 5.74) is 19.2. The number of fused-ring (bicyclic) bond motifs is 4. The lowest BCUT2D eigenvalue weighted by Gasteiger charge is -2.26. The number of nitrogens with zero attached hydrogens (tertiary/aromatic N) is 1. The first-order valence-electron chi connectivity index (χ1n) is 22.6. The second kappa shape index (κ2) is 16.8. The summed E-state index contributed by atoms with van der Waals surface area (Å²) in [7, 11) is 0. The lowest BCUT2D eigenvalue weighted by Crippen LogP contribution is -2.09. The van der Waals surface area contributed by atoms with Gasteiger partial charge in [-0.25, -0.2) is 0 Å². The third-order valence-electron chi connectivity index (χ3n) is 12.9. The van der Waals surface area contributed by atoms with E-state index in [0.29, 0.717) is 0 Å². The molecule has 12 aromatic rings. The Bertz CT molecular complexity index is 3670. The van der Waals surface area contributed by atoms with E-state index >= 15 is 0 Å². The highest BCUT2D eigenvalue weighted by Gasteiger charge is 2.16. The normalized spacial score (nSPS) is 11.3. The summed E-state index contributed by atoms with van der Waals surface area (Å²) < 4.78 is 6.42. The maximum atomic E-state index is 6.42. The molecule has 66 heavy (non-hydrogen) atoms. The first-order chi connectivity index (χ1) is 32.7. The van der Waals surface area contributed by atoms with Gasteiger partial charge in [0, 0.05) is 33.4 Å². The van der Waals surface area contributed by atoms with Crippen LogP contribution >= 0.6 is 0 Å². The molecule has 1 aromatic heterocycles. The summed E-state index contributed by atoms with van der Waals surface area (Å²) in [6, 6.07) is 93.8. The average Bonchev–Trinajstić information content (AvgIpc) is 3.79. The third-order valence-corrected chi connectivity index (χ3v) is 12.9. The Balaban J connectivity index is 0.864. The minimum absolute atomic E-state index is 0.909. The van der Waals surface area contributed by atoms with E-state index in [1.807, 2.05) is 12.1 Å². The van der Waals surface area contributed by atoms with Crippen molar-refractivity contribution in [1.82, 2.24) is 0 Å². The van der Waals surface area contributed by atoms with Gasteiger partial charge in [-0.05, 0) is 133 Å². The van der Waals surface area contributed by atoms with Gasteiger partial charge in [-0.15, -0.1) is 0 Å². The van der Waals surface area contributed by atoms with Gasteiger partial charge in [0.05, 0.1) is 0 Å². The summed E-state index contributed by atoms with van der Waals surface area (Å²) in [5, 5.41) is 4.79. The van der Waals surface area contributed by atoms with Crippen molar-refractivity contribution < 1.29 is 4.42 Å². The maximum absolute atomic E-state index is 6.42. The molecule has 0 amide bonds. The smallest absolute Gasteiger partial charge is 0.143 e. The fraction of sp³-hybridized carbons (Fsp3) is 0. The van der Waals surface area contributed by atoms with Gasteiger partial charge in [-0.2, -0.15) is 0 Å². The Hall–Kier alpha value is -8.72. The van der Waals surface area contributed by atoms with Crippen LogP contribution in [0.5, 0.6) is 0 Å². The Morgan fingerprint density at radius 3 is 1.24 bits per heavy atom. The standard InChI is InChI=1S/C64H43NO/c1-2-13-44(14-3-1)45-29-35-55(36-30-45)65(57-39-33-47(34-40-57)50-18-9-21-53(42-50)59-25-11-16-48-15-4-5-23-58(48)59)56-37-31-46(32-38-56)49-17-8-19-51(41-49)52-20-10-22-54(43-52)60-26-12-27-62-61-24-6-7-28-63(61)66-64(60)62/h1-43H. The molecule has 310 valence electrons. The Labute approximate surface area is 384 Å². The summed E-state index contributed by atoms with van der Waals surface area (Å²) >= 11 is 0. The molecule has 12 rings (SSSR count).